The van der Waals surface area contributed by atoms with Gasteiger partial charge < -0.3 is 0 Å². The maximum Gasteiger partial charge on any atom is 0.0881 e. The molecule has 0 saturated heterocycles. The molecule has 0 aliphatic heterocycles. The first-order valence-corrected chi connectivity index (χ1v) is 4.93. The molecule has 14 heavy (non-hydrogen) atoms. The van der Waals surface area contributed by atoms with E-state index in [0.29, 0.717) is 0 Å². The topological polar surface area (TPSA) is 24.7 Å². The van der Waals surface area contributed by atoms with Gasteiger partial charge in [-0.15, -0.1) is 0 Å². The molecule has 0 unspecified atom stereocenters. The summed E-state index contributed by atoms with van der Waals surface area (Å²) in [5.41, 5.74) is 2.11. The zero-order valence-electron chi connectivity index (χ0n) is 9.78. The van der Waals surface area contributed by atoms with E-state index in [1.165, 1.54) is 0 Å². The molecule has 0 fully saturated rings. The maximum absolute atomic E-state index is 3.93. The summed E-state index contributed by atoms with van der Waals surface area (Å²) in [6, 6.07) is 7.91. The normalized spacial score (nSPS) is 10.1. The summed E-state index contributed by atoms with van der Waals surface area (Å²) in [6.45, 7) is 8.52. The van der Waals surface area contributed by atoms with Crippen LogP contribution in [0.15, 0.2) is 34.5 Å². The molecule has 0 amide bonds. The highest BCUT2D eigenvalue weighted by Crippen LogP contribution is 2.16. The van der Waals surface area contributed by atoms with Crippen LogP contribution in [0.25, 0.3) is 0 Å². The van der Waals surface area contributed by atoms with E-state index in [1.54, 1.807) is 7.05 Å². The molecular weight excluding hydrogens is 172 g/mol. The van der Waals surface area contributed by atoms with Crippen molar-refractivity contribution < 1.29 is 0 Å². The molecule has 0 saturated carbocycles. The Morgan fingerprint density at radius 3 is 2.00 bits per heavy atom. The molecule has 1 aromatic carbocycles. The molecule has 2 heteroatoms. The monoisotopic (exact) mass is 192 g/mol. The second-order valence-electron chi connectivity index (χ2n) is 3.82. The third-order valence-corrected chi connectivity index (χ3v) is 1.32. The van der Waals surface area contributed by atoms with Gasteiger partial charge in [0.2, 0.25) is 0 Å². The lowest BCUT2D eigenvalue weighted by Gasteiger charge is -1.94. The highest BCUT2D eigenvalue weighted by atomic mass is 15.1. The van der Waals surface area contributed by atoms with Crippen molar-refractivity contribution in [2.24, 2.45) is 16.1 Å². The van der Waals surface area contributed by atoms with Gasteiger partial charge in [-0.25, -0.2) is 0 Å². The zero-order chi connectivity index (χ0) is 11.0. The molecule has 1 rings (SSSR count). The van der Waals surface area contributed by atoms with Crippen molar-refractivity contribution in [3.8, 4) is 0 Å². The second kappa shape index (κ2) is 7.25. The molecule has 0 aliphatic carbocycles. The van der Waals surface area contributed by atoms with Gasteiger partial charge in [0.25, 0.3) is 0 Å². The van der Waals surface area contributed by atoms with E-state index in [0.717, 1.165) is 17.2 Å². The molecule has 0 atom stereocenters. The van der Waals surface area contributed by atoms with Gasteiger partial charge in [0.05, 0.1) is 5.69 Å². The van der Waals surface area contributed by atoms with Crippen LogP contribution in [-0.4, -0.2) is 7.05 Å². The van der Waals surface area contributed by atoms with Crippen LogP contribution in [0.1, 0.15) is 26.3 Å². The molecule has 1 aromatic rings. The zero-order valence-corrected chi connectivity index (χ0v) is 9.78. The Labute approximate surface area is 87.1 Å². The summed E-state index contributed by atoms with van der Waals surface area (Å²) < 4.78 is 0. The molecule has 0 aliphatic rings. The lowest BCUT2D eigenvalue weighted by molar-refractivity contribution is 0.737. The van der Waals surface area contributed by atoms with Crippen molar-refractivity contribution >= 4 is 5.69 Å². The summed E-state index contributed by atoms with van der Waals surface area (Å²) in [6.07, 6.45) is 0. The molecule has 0 bridgehead atoms. The van der Waals surface area contributed by atoms with Gasteiger partial charge in [-0.3, -0.25) is 0 Å². The minimum atomic E-state index is 0.833. The molecule has 2 nitrogen and oxygen atoms in total. The Hall–Kier alpha value is -1.18. The number of hydrogen-bond acceptors (Lipinski definition) is 2. The Morgan fingerprint density at radius 1 is 1.07 bits per heavy atom. The predicted molar refractivity (Wildman–Crippen MR) is 62.1 cm³/mol. The van der Waals surface area contributed by atoms with Crippen molar-refractivity contribution in [2.75, 3.05) is 7.05 Å². The van der Waals surface area contributed by atoms with E-state index in [9.17, 15) is 0 Å². The van der Waals surface area contributed by atoms with Crippen molar-refractivity contribution in [3.63, 3.8) is 0 Å². The Bertz CT molecular complexity index is 275. The van der Waals surface area contributed by atoms with Crippen LogP contribution in [0, 0.1) is 12.8 Å². The highest BCUT2D eigenvalue weighted by Gasteiger charge is 1.90. The van der Waals surface area contributed by atoms with Crippen molar-refractivity contribution in [3.05, 3.63) is 29.8 Å². The summed E-state index contributed by atoms with van der Waals surface area (Å²) >= 11 is 0. The smallest absolute Gasteiger partial charge is 0.0881 e. The number of nitrogens with zero attached hydrogens (tertiary/aromatic N) is 2. The standard InChI is InChI=1S/C8H10N2.C4H10/c1-7-5-3-4-6-8(7)10-9-2;1-4(2)3/h3-6H,1-2H3;4H,1-3H3. The van der Waals surface area contributed by atoms with E-state index in [4.69, 9.17) is 0 Å². The lowest BCUT2D eigenvalue weighted by Crippen LogP contribution is -1.69. The van der Waals surface area contributed by atoms with Crippen LogP contribution >= 0.6 is 0 Å². The van der Waals surface area contributed by atoms with Crippen molar-refractivity contribution in [1.29, 1.82) is 0 Å². The van der Waals surface area contributed by atoms with Gasteiger partial charge >= 0.3 is 0 Å². The van der Waals surface area contributed by atoms with E-state index >= 15 is 0 Å². The second-order valence-corrected chi connectivity index (χ2v) is 3.82. The summed E-state index contributed by atoms with van der Waals surface area (Å²) in [7, 11) is 1.67. The first-order chi connectivity index (χ1) is 6.57. The predicted octanol–water partition coefficient (Wildman–Crippen LogP) is 4.37. The third-order valence-electron chi connectivity index (χ3n) is 1.32. The van der Waals surface area contributed by atoms with Crippen LogP contribution in [-0.2, 0) is 0 Å². The van der Waals surface area contributed by atoms with Gasteiger partial charge in [0.15, 0.2) is 0 Å². The number of benzene rings is 1. The van der Waals surface area contributed by atoms with Crippen LogP contribution in [0.4, 0.5) is 5.69 Å². The van der Waals surface area contributed by atoms with E-state index in [2.05, 4.69) is 31.0 Å². The van der Waals surface area contributed by atoms with Gasteiger partial charge in [-0.2, -0.15) is 10.2 Å². The van der Waals surface area contributed by atoms with Crippen LogP contribution in [0.5, 0.6) is 0 Å². The van der Waals surface area contributed by atoms with E-state index < -0.39 is 0 Å². The minimum Gasteiger partial charge on any atom is -0.192 e. The fraction of sp³-hybridized carbons (Fsp3) is 0.500. The van der Waals surface area contributed by atoms with Gasteiger partial charge in [0.1, 0.15) is 0 Å². The average Bonchev–Trinajstić information content (AvgIpc) is 2.08. The highest BCUT2D eigenvalue weighted by molar-refractivity contribution is 5.43. The quantitative estimate of drug-likeness (QED) is 0.590. The van der Waals surface area contributed by atoms with Crippen LogP contribution < -0.4 is 0 Å². The largest absolute Gasteiger partial charge is 0.192 e. The number of hydrogen-bond donors (Lipinski definition) is 0. The van der Waals surface area contributed by atoms with Crippen molar-refractivity contribution in [2.45, 2.75) is 27.7 Å². The fourth-order valence-corrected chi connectivity index (χ4v) is 0.783. The molecular formula is C12H20N2. The molecule has 0 aromatic heterocycles. The van der Waals surface area contributed by atoms with Crippen LogP contribution in [0.2, 0.25) is 0 Å². The Balaban J connectivity index is 0.000000364. The molecule has 0 spiro atoms. The summed E-state index contributed by atoms with van der Waals surface area (Å²) in [5, 5.41) is 7.62. The average molecular weight is 192 g/mol. The van der Waals surface area contributed by atoms with Crippen molar-refractivity contribution in [1.82, 2.24) is 0 Å². The van der Waals surface area contributed by atoms with Gasteiger partial charge in [-0.1, -0.05) is 39.0 Å². The molecule has 0 N–H and O–H groups in total. The third kappa shape index (κ3) is 6.35. The van der Waals surface area contributed by atoms with Gasteiger partial charge in [0, 0.05) is 7.05 Å². The first kappa shape index (κ1) is 12.8. The number of aryl methyl sites for hydroxylation is 1. The van der Waals surface area contributed by atoms with E-state index in [1.807, 2.05) is 31.2 Å². The molecule has 0 radical (unpaired) electrons. The Morgan fingerprint density at radius 2 is 1.57 bits per heavy atom. The summed E-state index contributed by atoms with van der Waals surface area (Å²) in [4.78, 5) is 0. The fourth-order valence-electron chi connectivity index (χ4n) is 0.783. The van der Waals surface area contributed by atoms with Crippen LogP contribution in [0.3, 0.4) is 0 Å². The van der Waals surface area contributed by atoms with E-state index in [-0.39, 0.29) is 0 Å². The Kier molecular flexibility index (Phi) is 6.63. The number of azo groups is 1. The molecule has 78 valence electrons. The van der Waals surface area contributed by atoms with Gasteiger partial charge in [-0.05, 0) is 24.5 Å². The molecule has 0 heterocycles. The number of rotatable bonds is 1. The maximum atomic E-state index is 3.93. The lowest BCUT2D eigenvalue weighted by atomic mass is 10.2. The minimum absolute atomic E-state index is 0.833. The SMILES string of the molecule is CC(C)C.CN=Nc1ccccc1C. The summed E-state index contributed by atoms with van der Waals surface area (Å²) in [5.74, 6) is 0.833. The first-order valence-electron chi connectivity index (χ1n) is 4.93.